The van der Waals surface area contributed by atoms with Crippen molar-refractivity contribution in [1.82, 2.24) is 9.97 Å². The number of hydrogen-bond acceptors (Lipinski definition) is 4. The van der Waals surface area contributed by atoms with E-state index in [0.29, 0.717) is 0 Å². The Morgan fingerprint density at radius 3 is 2.75 bits per heavy atom. The molecular weight excluding hydrogens is 202 g/mol. The van der Waals surface area contributed by atoms with Gasteiger partial charge in [0, 0.05) is 13.2 Å². The van der Waals surface area contributed by atoms with Crippen molar-refractivity contribution in [2.24, 2.45) is 0 Å². The van der Waals surface area contributed by atoms with Crippen LogP contribution in [-0.4, -0.2) is 28.2 Å². The van der Waals surface area contributed by atoms with Crippen LogP contribution in [0.4, 0.5) is 5.82 Å². The zero-order valence-electron chi connectivity index (χ0n) is 9.06. The van der Waals surface area contributed by atoms with E-state index in [1.54, 1.807) is 6.20 Å². The Morgan fingerprint density at radius 1 is 1.12 bits per heavy atom. The predicted octanol–water partition coefficient (Wildman–Crippen LogP) is 1.81. The fourth-order valence-electron chi connectivity index (χ4n) is 1.50. The van der Waals surface area contributed by atoms with Gasteiger partial charge in [0.25, 0.3) is 0 Å². The van der Waals surface area contributed by atoms with Gasteiger partial charge in [0.2, 0.25) is 0 Å². The Morgan fingerprint density at radius 2 is 1.94 bits per heavy atom. The average molecular weight is 217 g/mol. The summed E-state index contributed by atoms with van der Waals surface area (Å²) in [5.41, 5.74) is 1.80. The second-order valence-electron chi connectivity index (χ2n) is 3.60. The van der Waals surface area contributed by atoms with Crippen molar-refractivity contribution < 1.29 is 5.11 Å². The lowest BCUT2D eigenvalue weighted by Gasteiger charge is -2.05. The summed E-state index contributed by atoms with van der Waals surface area (Å²) < 4.78 is 0. The lowest BCUT2D eigenvalue weighted by molar-refractivity contribution is 0.286. The molecule has 2 rings (SSSR count). The molecule has 2 N–H and O–H groups in total. The topological polar surface area (TPSA) is 58.0 Å². The number of aliphatic hydroxyl groups excluding tert-OH is 1. The van der Waals surface area contributed by atoms with Crippen molar-refractivity contribution in [2.45, 2.75) is 12.8 Å². The van der Waals surface area contributed by atoms with E-state index in [1.165, 1.54) is 0 Å². The van der Waals surface area contributed by atoms with Crippen LogP contribution in [0.3, 0.4) is 0 Å². The standard InChI is InChI=1S/C12H15N3O/c16-8-4-3-7-13-12-9-14-10-5-1-2-6-11(10)15-12/h1-2,5-6,9,16H,3-4,7-8H2,(H,13,15). The Bertz CT molecular complexity index is 459. The molecule has 0 amide bonds. The molecule has 0 aliphatic rings. The summed E-state index contributed by atoms with van der Waals surface area (Å²) in [7, 11) is 0. The summed E-state index contributed by atoms with van der Waals surface area (Å²) in [6, 6.07) is 7.79. The number of hydrogen-bond donors (Lipinski definition) is 2. The number of aliphatic hydroxyl groups is 1. The number of nitrogens with one attached hydrogen (secondary N) is 1. The maximum atomic E-state index is 8.65. The van der Waals surface area contributed by atoms with Crippen molar-refractivity contribution in [1.29, 1.82) is 0 Å². The van der Waals surface area contributed by atoms with Gasteiger partial charge in [-0.2, -0.15) is 0 Å². The number of fused-ring (bicyclic) bond motifs is 1. The first-order valence-electron chi connectivity index (χ1n) is 5.46. The van der Waals surface area contributed by atoms with Crippen LogP contribution >= 0.6 is 0 Å². The number of benzene rings is 1. The van der Waals surface area contributed by atoms with Gasteiger partial charge < -0.3 is 10.4 Å². The summed E-state index contributed by atoms with van der Waals surface area (Å²) in [5.74, 6) is 0.789. The summed E-state index contributed by atoms with van der Waals surface area (Å²) in [4.78, 5) is 8.74. The predicted molar refractivity (Wildman–Crippen MR) is 64.3 cm³/mol. The molecule has 0 fully saturated rings. The molecule has 84 valence electrons. The van der Waals surface area contributed by atoms with Gasteiger partial charge in [0.1, 0.15) is 5.82 Å². The second-order valence-corrected chi connectivity index (χ2v) is 3.60. The third-order valence-electron chi connectivity index (χ3n) is 2.34. The third-order valence-corrected chi connectivity index (χ3v) is 2.34. The van der Waals surface area contributed by atoms with Crippen LogP contribution in [0.1, 0.15) is 12.8 Å². The van der Waals surface area contributed by atoms with Gasteiger partial charge in [0.05, 0.1) is 17.2 Å². The average Bonchev–Trinajstić information content (AvgIpc) is 2.34. The van der Waals surface area contributed by atoms with E-state index in [-0.39, 0.29) is 6.61 Å². The maximum Gasteiger partial charge on any atom is 0.145 e. The van der Waals surface area contributed by atoms with Gasteiger partial charge in [0.15, 0.2) is 0 Å². The van der Waals surface area contributed by atoms with E-state index in [2.05, 4.69) is 15.3 Å². The zero-order chi connectivity index (χ0) is 11.2. The highest BCUT2D eigenvalue weighted by Gasteiger charge is 1.97. The van der Waals surface area contributed by atoms with Gasteiger partial charge in [-0.25, -0.2) is 4.98 Å². The molecule has 0 saturated carbocycles. The zero-order valence-corrected chi connectivity index (χ0v) is 9.06. The van der Waals surface area contributed by atoms with Gasteiger partial charge in [-0.3, -0.25) is 4.98 Å². The molecule has 0 bridgehead atoms. The van der Waals surface area contributed by atoms with Crippen molar-refractivity contribution in [3.8, 4) is 0 Å². The highest BCUT2D eigenvalue weighted by atomic mass is 16.2. The molecule has 0 saturated heterocycles. The van der Waals surface area contributed by atoms with Crippen LogP contribution in [0.5, 0.6) is 0 Å². The molecule has 0 spiro atoms. The summed E-state index contributed by atoms with van der Waals surface area (Å²) >= 11 is 0. The minimum absolute atomic E-state index is 0.241. The number of anilines is 1. The molecular formula is C12H15N3O. The molecule has 2 aromatic rings. The lowest BCUT2D eigenvalue weighted by atomic mass is 10.3. The summed E-state index contributed by atoms with van der Waals surface area (Å²) in [6.07, 6.45) is 3.49. The van der Waals surface area contributed by atoms with Crippen molar-refractivity contribution in [3.63, 3.8) is 0 Å². The smallest absolute Gasteiger partial charge is 0.145 e. The Balaban J connectivity index is 2.02. The van der Waals surface area contributed by atoms with Crippen LogP contribution < -0.4 is 5.32 Å². The molecule has 4 nitrogen and oxygen atoms in total. The van der Waals surface area contributed by atoms with Crippen LogP contribution in [-0.2, 0) is 0 Å². The second kappa shape index (κ2) is 5.42. The molecule has 0 radical (unpaired) electrons. The molecule has 1 aromatic carbocycles. The SMILES string of the molecule is OCCCCNc1cnc2ccccc2n1. The lowest BCUT2D eigenvalue weighted by Crippen LogP contribution is -2.04. The van der Waals surface area contributed by atoms with Crippen molar-refractivity contribution >= 4 is 16.9 Å². The molecule has 0 unspecified atom stereocenters. The van der Waals surface area contributed by atoms with Crippen LogP contribution in [0.15, 0.2) is 30.5 Å². The number of aromatic nitrogens is 2. The first kappa shape index (κ1) is 10.8. The van der Waals surface area contributed by atoms with Gasteiger partial charge in [-0.05, 0) is 25.0 Å². The van der Waals surface area contributed by atoms with E-state index in [0.717, 1.165) is 36.2 Å². The highest BCUT2D eigenvalue weighted by Crippen LogP contribution is 2.11. The molecule has 0 aliphatic heterocycles. The molecule has 1 heterocycles. The van der Waals surface area contributed by atoms with E-state index >= 15 is 0 Å². The van der Waals surface area contributed by atoms with Crippen LogP contribution in [0.25, 0.3) is 11.0 Å². The molecule has 1 aromatic heterocycles. The van der Waals surface area contributed by atoms with Gasteiger partial charge in [-0.1, -0.05) is 12.1 Å². The quantitative estimate of drug-likeness (QED) is 0.750. The minimum atomic E-state index is 0.241. The first-order chi connectivity index (χ1) is 7.90. The minimum Gasteiger partial charge on any atom is -0.396 e. The van der Waals surface area contributed by atoms with E-state index in [1.807, 2.05) is 24.3 Å². The van der Waals surface area contributed by atoms with Crippen LogP contribution in [0, 0.1) is 0 Å². The van der Waals surface area contributed by atoms with Crippen molar-refractivity contribution in [3.05, 3.63) is 30.5 Å². The van der Waals surface area contributed by atoms with Gasteiger partial charge >= 0.3 is 0 Å². The molecule has 16 heavy (non-hydrogen) atoms. The number of nitrogens with zero attached hydrogens (tertiary/aromatic N) is 2. The monoisotopic (exact) mass is 217 g/mol. The van der Waals surface area contributed by atoms with E-state index < -0.39 is 0 Å². The molecule has 4 heteroatoms. The number of rotatable bonds is 5. The largest absolute Gasteiger partial charge is 0.396 e. The summed E-state index contributed by atoms with van der Waals surface area (Å²) in [5, 5.41) is 11.8. The Hall–Kier alpha value is -1.68. The Labute approximate surface area is 94.4 Å². The van der Waals surface area contributed by atoms with E-state index in [4.69, 9.17) is 5.11 Å². The molecule has 0 atom stereocenters. The number of para-hydroxylation sites is 2. The fraction of sp³-hybridized carbons (Fsp3) is 0.333. The maximum absolute atomic E-state index is 8.65. The fourth-order valence-corrected chi connectivity index (χ4v) is 1.50. The first-order valence-corrected chi connectivity index (χ1v) is 5.46. The normalized spacial score (nSPS) is 10.6. The van der Waals surface area contributed by atoms with Gasteiger partial charge in [-0.15, -0.1) is 0 Å². The summed E-state index contributed by atoms with van der Waals surface area (Å²) in [6.45, 7) is 1.05. The third kappa shape index (κ3) is 2.67. The van der Waals surface area contributed by atoms with E-state index in [9.17, 15) is 0 Å². The highest BCUT2D eigenvalue weighted by molar-refractivity contribution is 5.75. The molecule has 0 aliphatic carbocycles. The van der Waals surface area contributed by atoms with Crippen molar-refractivity contribution in [2.75, 3.05) is 18.5 Å². The Kier molecular flexibility index (Phi) is 3.66. The van der Waals surface area contributed by atoms with Crippen LogP contribution in [0.2, 0.25) is 0 Å². The number of unbranched alkanes of at least 4 members (excludes halogenated alkanes) is 1.